The molecule has 0 saturated carbocycles. The van der Waals surface area contributed by atoms with E-state index in [9.17, 15) is 0 Å². The zero-order valence-corrected chi connectivity index (χ0v) is 3.15. The average Bonchev–Trinajstić information content (AvgIpc) is 1.38. The molecule has 1 radical (unpaired) electrons. The first-order valence-corrected chi connectivity index (χ1v) is 1.56. The fraction of sp³-hybridized carbons (Fsp3) is 0.667. The zero-order valence-electron chi connectivity index (χ0n) is 3.15. The minimum atomic E-state index is -0.0880. The van der Waals surface area contributed by atoms with Crippen molar-refractivity contribution in [2.75, 3.05) is 6.54 Å². The molecule has 0 aliphatic carbocycles. The molecular weight excluding hydrogens is 64.0 g/mol. The summed E-state index contributed by atoms with van der Waals surface area (Å²) < 4.78 is 0. The van der Waals surface area contributed by atoms with Crippen molar-refractivity contribution in [3.63, 3.8) is 0 Å². The molecule has 0 unspecified atom stereocenters. The van der Waals surface area contributed by atoms with E-state index in [1.807, 2.05) is 0 Å². The van der Waals surface area contributed by atoms with Crippen molar-refractivity contribution >= 4 is 0 Å². The van der Waals surface area contributed by atoms with Crippen LogP contribution in [0.2, 0.25) is 0 Å². The van der Waals surface area contributed by atoms with Gasteiger partial charge >= 0.3 is 0 Å². The predicted molar refractivity (Wildman–Crippen MR) is 22.4 cm³/mol. The van der Waals surface area contributed by atoms with Crippen LogP contribution in [0.1, 0.15) is 0 Å². The molecule has 0 bridgehead atoms. The summed E-state index contributed by atoms with van der Waals surface area (Å²) in [5.74, 6) is 0. The van der Waals surface area contributed by atoms with E-state index in [-0.39, 0.29) is 6.04 Å². The number of hydrogen-bond acceptors (Lipinski definition) is 2. The molecule has 2 nitrogen and oxygen atoms in total. The van der Waals surface area contributed by atoms with Crippen LogP contribution in [0.25, 0.3) is 0 Å². The van der Waals surface area contributed by atoms with Gasteiger partial charge < -0.3 is 11.5 Å². The highest BCUT2D eigenvalue weighted by atomic mass is 14.7. The van der Waals surface area contributed by atoms with Crippen molar-refractivity contribution in [2.24, 2.45) is 11.5 Å². The maximum Gasteiger partial charge on any atom is 0.0163 e. The molecule has 0 heterocycles. The van der Waals surface area contributed by atoms with Crippen LogP contribution in [0.5, 0.6) is 0 Å². The fourth-order valence-corrected chi connectivity index (χ4v) is 0. The van der Waals surface area contributed by atoms with E-state index in [0.717, 1.165) is 0 Å². The van der Waals surface area contributed by atoms with Crippen molar-refractivity contribution < 1.29 is 0 Å². The van der Waals surface area contributed by atoms with E-state index in [2.05, 4.69) is 6.92 Å². The largest absolute Gasteiger partial charge is 0.329 e. The first-order chi connectivity index (χ1) is 2.27. The molecule has 0 fully saturated rings. The minimum Gasteiger partial charge on any atom is -0.329 e. The summed E-state index contributed by atoms with van der Waals surface area (Å²) in [5, 5.41) is 0. The number of nitrogens with two attached hydrogens (primary N) is 2. The molecule has 4 N–H and O–H groups in total. The summed E-state index contributed by atoms with van der Waals surface area (Å²) in [6.07, 6.45) is 0. The molecule has 5 heavy (non-hydrogen) atoms. The van der Waals surface area contributed by atoms with Gasteiger partial charge in [0.25, 0.3) is 0 Å². The SMILES string of the molecule is [CH2][C@H](N)CN. The van der Waals surface area contributed by atoms with Gasteiger partial charge in [-0.15, -0.1) is 0 Å². The number of hydrogen-bond donors (Lipinski definition) is 2. The first kappa shape index (κ1) is 4.92. The van der Waals surface area contributed by atoms with Crippen LogP contribution < -0.4 is 11.5 Å². The van der Waals surface area contributed by atoms with Crippen molar-refractivity contribution in [1.29, 1.82) is 0 Å². The summed E-state index contributed by atoms with van der Waals surface area (Å²) in [6, 6.07) is -0.0880. The lowest BCUT2D eigenvalue weighted by Crippen LogP contribution is -2.25. The molecule has 1 atom stereocenters. The van der Waals surface area contributed by atoms with Crippen LogP contribution >= 0.6 is 0 Å². The third kappa shape index (κ3) is 3.92. The molecule has 0 aliphatic heterocycles. The van der Waals surface area contributed by atoms with E-state index in [1.165, 1.54) is 0 Å². The molecule has 0 saturated heterocycles. The Kier molecular flexibility index (Phi) is 2.14. The van der Waals surface area contributed by atoms with E-state index >= 15 is 0 Å². The summed E-state index contributed by atoms with van der Waals surface area (Å²) in [4.78, 5) is 0. The van der Waals surface area contributed by atoms with E-state index in [1.54, 1.807) is 0 Å². The monoisotopic (exact) mass is 73.1 g/mol. The molecule has 0 amide bonds. The van der Waals surface area contributed by atoms with Gasteiger partial charge in [0.15, 0.2) is 0 Å². The second-order valence-corrected chi connectivity index (χ2v) is 0.996. The van der Waals surface area contributed by atoms with Crippen LogP contribution in [0, 0.1) is 6.92 Å². The Balaban J connectivity index is 2.54. The molecule has 0 aromatic carbocycles. The van der Waals surface area contributed by atoms with Gasteiger partial charge in [-0.1, -0.05) is 0 Å². The zero-order chi connectivity index (χ0) is 4.28. The van der Waals surface area contributed by atoms with Crippen molar-refractivity contribution in [3.05, 3.63) is 6.92 Å². The van der Waals surface area contributed by atoms with Crippen LogP contribution in [-0.4, -0.2) is 12.6 Å². The minimum absolute atomic E-state index is 0.0880. The van der Waals surface area contributed by atoms with Gasteiger partial charge in [-0.05, 0) is 6.92 Å². The molecule has 31 valence electrons. The van der Waals surface area contributed by atoms with Crippen molar-refractivity contribution in [1.82, 2.24) is 0 Å². The third-order valence-electron chi connectivity index (χ3n) is 0.303. The van der Waals surface area contributed by atoms with Crippen LogP contribution in [0.15, 0.2) is 0 Å². The average molecular weight is 73.1 g/mol. The summed E-state index contributed by atoms with van der Waals surface area (Å²) in [7, 11) is 0. The van der Waals surface area contributed by atoms with Crippen LogP contribution in [-0.2, 0) is 0 Å². The fourth-order valence-electron chi connectivity index (χ4n) is 0. The van der Waals surface area contributed by atoms with E-state index in [4.69, 9.17) is 11.5 Å². The topological polar surface area (TPSA) is 52.0 Å². The molecule has 2 heteroatoms. The van der Waals surface area contributed by atoms with Crippen LogP contribution in [0.4, 0.5) is 0 Å². The molecule has 0 spiro atoms. The van der Waals surface area contributed by atoms with Gasteiger partial charge in [-0.25, -0.2) is 0 Å². The molecule has 0 aliphatic rings. The molecule has 0 aromatic heterocycles. The highest BCUT2D eigenvalue weighted by Gasteiger charge is 1.80. The Morgan fingerprint density at radius 3 is 2.00 bits per heavy atom. The Bertz CT molecular complexity index is 18.9. The van der Waals surface area contributed by atoms with Gasteiger partial charge in [-0.2, -0.15) is 0 Å². The molecule has 0 aromatic rings. The lowest BCUT2D eigenvalue weighted by atomic mass is 10.4. The molecular formula is C3H9N2. The normalized spacial score (nSPS) is 15.0. The van der Waals surface area contributed by atoms with Crippen molar-refractivity contribution in [3.8, 4) is 0 Å². The summed E-state index contributed by atoms with van der Waals surface area (Å²) in [5.41, 5.74) is 10.0. The lowest BCUT2D eigenvalue weighted by Gasteiger charge is -1.92. The second kappa shape index (κ2) is 2.18. The smallest absolute Gasteiger partial charge is 0.0163 e. The number of rotatable bonds is 1. The maximum absolute atomic E-state index is 5.06. The standard InChI is InChI=1S/C3H9N2/c1-3(5)2-4/h3H,1-2,4-5H2/t3-/m0/s1. The predicted octanol–water partition coefficient (Wildman–Crippen LogP) is -0.894. The third-order valence-corrected chi connectivity index (χ3v) is 0.303. The Morgan fingerprint density at radius 2 is 2.00 bits per heavy atom. The maximum atomic E-state index is 5.06. The highest BCUT2D eigenvalue weighted by Crippen LogP contribution is 1.57. The van der Waals surface area contributed by atoms with Gasteiger partial charge in [0, 0.05) is 12.6 Å². The second-order valence-electron chi connectivity index (χ2n) is 0.996. The lowest BCUT2D eigenvalue weighted by molar-refractivity contribution is 0.820. The first-order valence-electron chi connectivity index (χ1n) is 1.56. The van der Waals surface area contributed by atoms with Gasteiger partial charge in [0.2, 0.25) is 0 Å². The Hall–Kier alpha value is -0.0800. The van der Waals surface area contributed by atoms with Gasteiger partial charge in [-0.3, -0.25) is 0 Å². The Morgan fingerprint density at radius 1 is 1.80 bits per heavy atom. The van der Waals surface area contributed by atoms with Gasteiger partial charge in [0.1, 0.15) is 0 Å². The summed E-state index contributed by atoms with van der Waals surface area (Å²) >= 11 is 0. The highest BCUT2D eigenvalue weighted by molar-refractivity contribution is 4.60. The van der Waals surface area contributed by atoms with E-state index in [0.29, 0.717) is 6.54 Å². The van der Waals surface area contributed by atoms with Crippen LogP contribution in [0.3, 0.4) is 0 Å². The van der Waals surface area contributed by atoms with Crippen molar-refractivity contribution in [2.45, 2.75) is 6.04 Å². The summed E-state index contributed by atoms with van der Waals surface area (Å²) in [6.45, 7) is 3.88. The van der Waals surface area contributed by atoms with E-state index < -0.39 is 0 Å². The quantitative estimate of drug-likeness (QED) is 0.423. The Labute approximate surface area is 32.1 Å². The van der Waals surface area contributed by atoms with Gasteiger partial charge in [0.05, 0.1) is 0 Å². The molecule has 0 rings (SSSR count).